The van der Waals surface area contributed by atoms with E-state index < -0.39 is 11.5 Å². The van der Waals surface area contributed by atoms with Gasteiger partial charge in [0.25, 0.3) is 0 Å². The maximum absolute atomic E-state index is 9.37. The smallest absolute Gasteiger partial charge is 0.206 e. The molecule has 0 amide bonds. The second-order valence-corrected chi connectivity index (χ2v) is 3.53. The highest BCUT2D eigenvalue weighted by Crippen LogP contribution is 2.34. The van der Waals surface area contributed by atoms with Crippen molar-refractivity contribution in [2.45, 2.75) is 30.8 Å². The highest BCUT2D eigenvalue weighted by Gasteiger charge is 2.49. The van der Waals surface area contributed by atoms with E-state index in [2.05, 4.69) is 0 Å². The molecule has 2 unspecified atom stereocenters. The van der Waals surface area contributed by atoms with Crippen LogP contribution in [0.5, 0.6) is 0 Å². The third kappa shape index (κ3) is 1.60. The molecule has 1 aliphatic carbocycles. The van der Waals surface area contributed by atoms with Gasteiger partial charge in [0, 0.05) is 13.0 Å². The Morgan fingerprint density at radius 3 is 2.33 bits per heavy atom. The minimum atomic E-state index is -2.22. The molecule has 0 aromatic rings. The van der Waals surface area contributed by atoms with Crippen molar-refractivity contribution in [2.24, 2.45) is 11.7 Å². The van der Waals surface area contributed by atoms with Crippen LogP contribution in [0.2, 0.25) is 0 Å². The summed E-state index contributed by atoms with van der Waals surface area (Å²) in [5, 5.41) is 36.6. The molecule has 0 aromatic carbocycles. The van der Waals surface area contributed by atoms with E-state index in [1.54, 1.807) is 0 Å². The van der Waals surface area contributed by atoms with Gasteiger partial charge in [0.05, 0.1) is 0 Å². The average molecular weight is 177 g/mol. The van der Waals surface area contributed by atoms with Gasteiger partial charge in [-0.1, -0.05) is 0 Å². The zero-order valence-electron chi connectivity index (χ0n) is 6.77. The van der Waals surface area contributed by atoms with Crippen LogP contribution in [0.4, 0.5) is 0 Å². The molecule has 0 bridgehead atoms. The monoisotopic (exact) mass is 177 g/mol. The maximum Gasteiger partial charge on any atom is 0.206 e. The molecule has 1 saturated carbocycles. The van der Waals surface area contributed by atoms with E-state index in [0.717, 1.165) is 0 Å². The van der Waals surface area contributed by atoms with Gasteiger partial charge >= 0.3 is 0 Å². The lowest BCUT2D eigenvalue weighted by molar-refractivity contribution is -0.296. The van der Waals surface area contributed by atoms with Gasteiger partial charge in [0.15, 0.2) is 5.72 Å². The zero-order chi connectivity index (χ0) is 9.41. The van der Waals surface area contributed by atoms with Crippen LogP contribution in [0.15, 0.2) is 0 Å². The molecule has 12 heavy (non-hydrogen) atoms. The van der Waals surface area contributed by atoms with E-state index in [9.17, 15) is 15.3 Å². The number of nitrogens with two attached hydrogens (primary N) is 1. The molecule has 1 aliphatic rings. The van der Waals surface area contributed by atoms with Crippen LogP contribution < -0.4 is 5.73 Å². The second kappa shape index (κ2) is 2.93. The van der Waals surface area contributed by atoms with Gasteiger partial charge in [0.2, 0.25) is 5.79 Å². The van der Waals surface area contributed by atoms with Gasteiger partial charge < -0.3 is 20.4 Å². The van der Waals surface area contributed by atoms with Crippen molar-refractivity contribution in [1.82, 2.24) is 0 Å². The SMILES string of the molecule is NC1(O)CC(CO)CCC1(O)O. The normalized spacial score (nSPS) is 41.2. The molecule has 0 aliphatic heterocycles. The van der Waals surface area contributed by atoms with Crippen molar-refractivity contribution in [2.75, 3.05) is 6.61 Å². The zero-order valence-corrected chi connectivity index (χ0v) is 6.77. The first kappa shape index (κ1) is 9.88. The van der Waals surface area contributed by atoms with Crippen LogP contribution >= 0.6 is 0 Å². The molecule has 5 heteroatoms. The van der Waals surface area contributed by atoms with Crippen molar-refractivity contribution in [3.8, 4) is 0 Å². The first-order valence-corrected chi connectivity index (χ1v) is 3.96. The summed E-state index contributed by atoms with van der Waals surface area (Å²) in [6.07, 6.45) is 0.463. The Morgan fingerprint density at radius 2 is 1.92 bits per heavy atom. The summed E-state index contributed by atoms with van der Waals surface area (Å²) in [5.74, 6) is -2.37. The van der Waals surface area contributed by atoms with E-state index in [4.69, 9.17) is 10.8 Å². The Kier molecular flexibility index (Phi) is 2.42. The maximum atomic E-state index is 9.37. The quantitative estimate of drug-likeness (QED) is 0.301. The third-order valence-electron chi connectivity index (χ3n) is 2.45. The first-order chi connectivity index (χ1) is 5.39. The van der Waals surface area contributed by atoms with Crippen LogP contribution in [-0.4, -0.2) is 38.5 Å². The summed E-state index contributed by atoms with van der Waals surface area (Å²) in [4.78, 5) is 0. The number of aliphatic hydroxyl groups excluding tert-OH is 1. The van der Waals surface area contributed by atoms with E-state index in [1.165, 1.54) is 0 Å². The van der Waals surface area contributed by atoms with Crippen LogP contribution in [-0.2, 0) is 0 Å². The largest absolute Gasteiger partial charge is 0.396 e. The lowest BCUT2D eigenvalue weighted by atomic mass is 9.79. The van der Waals surface area contributed by atoms with Gasteiger partial charge in [-0.2, -0.15) is 0 Å². The third-order valence-corrected chi connectivity index (χ3v) is 2.45. The molecule has 0 heterocycles. The van der Waals surface area contributed by atoms with Crippen LogP contribution in [0, 0.1) is 5.92 Å². The fourth-order valence-corrected chi connectivity index (χ4v) is 1.48. The van der Waals surface area contributed by atoms with Crippen molar-refractivity contribution < 1.29 is 20.4 Å². The van der Waals surface area contributed by atoms with Crippen molar-refractivity contribution >= 4 is 0 Å². The predicted octanol–water partition coefficient (Wildman–Crippen LogP) is -1.89. The molecule has 0 saturated heterocycles. The van der Waals surface area contributed by atoms with Gasteiger partial charge in [-0.25, -0.2) is 0 Å². The lowest BCUT2D eigenvalue weighted by Gasteiger charge is -2.42. The Hall–Kier alpha value is -0.200. The molecule has 6 N–H and O–H groups in total. The fourth-order valence-electron chi connectivity index (χ4n) is 1.48. The molecule has 0 spiro atoms. The highest BCUT2D eigenvalue weighted by atomic mass is 16.5. The number of hydrogen-bond donors (Lipinski definition) is 5. The summed E-state index contributed by atoms with van der Waals surface area (Å²) in [6, 6.07) is 0. The molecule has 0 radical (unpaired) electrons. The van der Waals surface area contributed by atoms with E-state index in [-0.39, 0.29) is 25.4 Å². The topological polar surface area (TPSA) is 107 Å². The van der Waals surface area contributed by atoms with Crippen molar-refractivity contribution in [1.29, 1.82) is 0 Å². The Labute approximate surface area is 70.4 Å². The Bertz CT molecular complexity index is 169. The van der Waals surface area contributed by atoms with Crippen molar-refractivity contribution in [3.05, 3.63) is 0 Å². The molecule has 5 nitrogen and oxygen atoms in total. The Balaban J connectivity index is 2.68. The van der Waals surface area contributed by atoms with E-state index >= 15 is 0 Å². The molecule has 1 fully saturated rings. The van der Waals surface area contributed by atoms with Crippen LogP contribution in [0.1, 0.15) is 19.3 Å². The molecule has 1 rings (SSSR count). The molecule has 2 atom stereocenters. The number of aliphatic hydroxyl groups is 4. The summed E-state index contributed by atoms with van der Waals surface area (Å²) in [6.45, 7) is -0.0877. The Morgan fingerprint density at radius 1 is 1.33 bits per heavy atom. The van der Waals surface area contributed by atoms with Gasteiger partial charge in [-0.15, -0.1) is 0 Å². The van der Waals surface area contributed by atoms with Gasteiger partial charge in [-0.05, 0) is 18.8 Å². The van der Waals surface area contributed by atoms with Gasteiger partial charge in [0.1, 0.15) is 0 Å². The number of hydrogen-bond acceptors (Lipinski definition) is 5. The molecular formula is C7H15NO4. The summed E-state index contributed by atoms with van der Waals surface area (Å²) in [5.41, 5.74) is 3.26. The van der Waals surface area contributed by atoms with E-state index in [0.29, 0.717) is 6.42 Å². The fraction of sp³-hybridized carbons (Fsp3) is 1.00. The van der Waals surface area contributed by atoms with Crippen LogP contribution in [0.25, 0.3) is 0 Å². The van der Waals surface area contributed by atoms with E-state index in [1.807, 2.05) is 0 Å². The summed E-state index contributed by atoms with van der Waals surface area (Å²) >= 11 is 0. The minimum Gasteiger partial charge on any atom is -0.396 e. The number of rotatable bonds is 1. The average Bonchev–Trinajstić information content (AvgIpc) is 1.95. The first-order valence-electron chi connectivity index (χ1n) is 3.96. The predicted molar refractivity (Wildman–Crippen MR) is 40.7 cm³/mol. The molecule has 0 aromatic heterocycles. The summed E-state index contributed by atoms with van der Waals surface area (Å²) in [7, 11) is 0. The second-order valence-electron chi connectivity index (χ2n) is 3.53. The van der Waals surface area contributed by atoms with Gasteiger partial charge in [-0.3, -0.25) is 5.73 Å². The standard InChI is InChI=1S/C7H15NO4/c8-6(10)3-5(4-9)1-2-7(6,11)12/h5,9-12H,1-4,8H2. The molecule has 72 valence electrons. The summed E-state index contributed by atoms with van der Waals surface area (Å²) < 4.78 is 0. The lowest BCUT2D eigenvalue weighted by Crippen LogP contribution is -2.64. The highest BCUT2D eigenvalue weighted by molar-refractivity contribution is 4.93. The molecular weight excluding hydrogens is 162 g/mol. The minimum absolute atomic E-state index is 0.00870. The van der Waals surface area contributed by atoms with Crippen molar-refractivity contribution in [3.63, 3.8) is 0 Å². The van der Waals surface area contributed by atoms with Crippen LogP contribution in [0.3, 0.4) is 0 Å².